The first kappa shape index (κ1) is 12.2. The van der Waals surface area contributed by atoms with Crippen molar-refractivity contribution in [1.29, 1.82) is 0 Å². The maximum Gasteiger partial charge on any atom is 0.0821 e. The Labute approximate surface area is 111 Å². The number of hydrogen-bond donors (Lipinski definition) is 1. The molecule has 3 aliphatic heterocycles. The van der Waals surface area contributed by atoms with Gasteiger partial charge in [0.05, 0.1) is 6.17 Å². The molecule has 2 fully saturated rings. The molecule has 0 aromatic carbocycles. The van der Waals surface area contributed by atoms with E-state index in [-0.39, 0.29) is 0 Å². The summed E-state index contributed by atoms with van der Waals surface area (Å²) in [6, 6.07) is 0.753. The minimum absolute atomic E-state index is 0.629. The van der Waals surface area contributed by atoms with Crippen LogP contribution in [0.1, 0.15) is 32.1 Å². The summed E-state index contributed by atoms with van der Waals surface area (Å²) in [6.07, 6.45) is 16.3. The van der Waals surface area contributed by atoms with Crippen molar-refractivity contribution in [3.05, 3.63) is 24.4 Å². The van der Waals surface area contributed by atoms with Crippen molar-refractivity contribution < 1.29 is 0 Å². The number of piperidine rings is 2. The van der Waals surface area contributed by atoms with Crippen molar-refractivity contribution in [2.45, 2.75) is 44.3 Å². The maximum atomic E-state index is 3.56. The summed E-state index contributed by atoms with van der Waals surface area (Å²) in [4.78, 5) is 5.28. The Bertz CT molecular complexity index is 318. The van der Waals surface area contributed by atoms with Gasteiger partial charge < -0.3 is 10.2 Å². The highest BCUT2D eigenvalue weighted by atomic mass is 15.4. The van der Waals surface area contributed by atoms with E-state index in [1.807, 2.05) is 0 Å². The van der Waals surface area contributed by atoms with Crippen LogP contribution in [0.3, 0.4) is 0 Å². The van der Waals surface area contributed by atoms with Gasteiger partial charge in [-0.25, -0.2) is 0 Å². The van der Waals surface area contributed by atoms with Gasteiger partial charge in [-0.2, -0.15) is 0 Å². The van der Waals surface area contributed by atoms with Crippen LogP contribution in [0.2, 0.25) is 0 Å². The lowest BCUT2D eigenvalue weighted by Gasteiger charge is -2.47. The van der Waals surface area contributed by atoms with E-state index < -0.39 is 0 Å². The van der Waals surface area contributed by atoms with Crippen LogP contribution in [-0.2, 0) is 0 Å². The fourth-order valence-corrected chi connectivity index (χ4v) is 3.54. The highest BCUT2D eigenvalue weighted by Gasteiger charge is 2.32. The number of rotatable bonds is 2. The molecular formula is C15H25N3. The molecule has 3 aliphatic rings. The van der Waals surface area contributed by atoms with Crippen molar-refractivity contribution in [2.75, 3.05) is 26.2 Å². The quantitative estimate of drug-likeness (QED) is 0.804. The van der Waals surface area contributed by atoms with Crippen LogP contribution in [0.5, 0.6) is 0 Å². The second kappa shape index (κ2) is 5.89. The van der Waals surface area contributed by atoms with Crippen LogP contribution in [0.25, 0.3) is 0 Å². The molecule has 1 N–H and O–H groups in total. The summed E-state index contributed by atoms with van der Waals surface area (Å²) in [5.41, 5.74) is 0. The van der Waals surface area contributed by atoms with Gasteiger partial charge in [-0.05, 0) is 44.7 Å². The van der Waals surface area contributed by atoms with E-state index in [0.29, 0.717) is 6.17 Å². The zero-order chi connectivity index (χ0) is 12.2. The molecule has 0 radical (unpaired) electrons. The van der Waals surface area contributed by atoms with E-state index in [9.17, 15) is 0 Å². The summed E-state index contributed by atoms with van der Waals surface area (Å²) in [7, 11) is 0. The van der Waals surface area contributed by atoms with E-state index in [1.54, 1.807) is 0 Å². The Morgan fingerprint density at radius 2 is 2.06 bits per heavy atom. The van der Waals surface area contributed by atoms with Crippen molar-refractivity contribution in [1.82, 2.24) is 15.1 Å². The van der Waals surface area contributed by atoms with Gasteiger partial charge in [-0.1, -0.05) is 12.2 Å². The van der Waals surface area contributed by atoms with Crippen molar-refractivity contribution in [3.63, 3.8) is 0 Å². The fraction of sp³-hybridized carbons (Fsp3) is 0.733. The van der Waals surface area contributed by atoms with Gasteiger partial charge in [-0.15, -0.1) is 0 Å². The van der Waals surface area contributed by atoms with Gasteiger partial charge in [0.1, 0.15) is 0 Å². The average Bonchev–Trinajstić information content (AvgIpc) is 2.49. The van der Waals surface area contributed by atoms with Crippen LogP contribution in [0.4, 0.5) is 0 Å². The molecular weight excluding hydrogens is 222 g/mol. The Kier molecular flexibility index (Phi) is 4.01. The number of hydrogen-bond acceptors (Lipinski definition) is 3. The van der Waals surface area contributed by atoms with E-state index in [2.05, 4.69) is 39.5 Å². The Balaban J connectivity index is 1.68. The summed E-state index contributed by atoms with van der Waals surface area (Å²) >= 11 is 0. The Hall–Kier alpha value is -0.800. The number of nitrogens with zero attached hydrogens (tertiary/aromatic N) is 2. The minimum Gasteiger partial charge on any atom is -0.358 e. The molecule has 0 saturated carbocycles. The zero-order valence-electron chi connectivity index (χ0n) is 11.2. The van der Waals surface area contributed by atoms with Crippen LogP contribution in [-0.4, -0.2) is 48.2 Å². The van der Waals surface area contributed by atoms with E-state index >= 15 is 0 Å². The molecule has 0 aliphatic carbocycles. The SMILES string of the molecule is C1=CCN(C2CCCCN2C2CCCNC2)C=C1. The first-order valence-electron chi connectivity index (χ1n) is 7.51. The monoisotopic (exact) mass is 247 g/mol. The van der Waals surface area contributed by atoms with Crippen LogP contribution in [0.15, 0.2) is 24.4 Å². The molecule has 0 spiro atoms. The summed E-state index contributed by atoms with van der Waals surface area (Å²) < 4.78 is 0. The predicted octanol–water partition coefficient (Wildman–Crippen LogP) is 1.94. The first-order valence-corrected chi connectivity index (χ1v) is 7.51. The molecule has 0 aromatic heterocycles. The van der Waals surface area contributed by atoms with Crippen molar-refractivity contribution in [2.24, 2.45) is 0 Å². The lowest BCUT2D eigenvalue weighted by molar-refractivity contribution is 0.00579. The molecule has 3 rings (SSSR count). The highest BCUT2D eigenvalue weighted by molar-refractivity contribution is 5.10. The smallest absolute Gasteiger partial charge is 0.0821 e. The van der Waals surface area contributed by atoms with Gasteiger partial charge in [0.15, 0.2) is 0 Å². The summed E-state index contributed by atoms with van der Waals surface area (Å²) in [5.74, 6) is 0. The Morgan fingerprint density at radius 3 is 2.83 bits per heavy atom. The van der Waals surface area contributed by atoms with E-state index in [1.165, 1.54) is 51.7 Å². The second-order valence-corrected chi connectivity index (χ2v) is 5.68. The molecule has 0 bridgehead atoms. The summed E-state index contributed by atoms with van der Waals surface area (Å²) in [5, 5.41) is 3.56. The largest absolute Gasteiger partial charge is 0.358 e. The minimum atomic E-state index is 0.629. The van der Waals surface area contributed by atoms with Crippen LogP contribution >= 0.6 is 0 Å². The number of allylic oxidation sites excluding steroid dienone is 2. The predicted molar refractivity (Wildman–Crippen MR) is 75.2 cm³/mol. The van der Waals surface area contributed by atoms with E-state index in [0.717, 1.165) is 12.6 Å². The molecule has 3 heterocycles. The van der Waals surface area contributed by atoms with Gasteiger partial charge in [0.25, 0.3) is 0 Å². The average molecular weight is 247 g/mol. The van der Waals surface area contributed by atoms with Crippen molar-refractivity contribution in [3.8, 4) is 0 Å². The molecule has 0 aromatic rings. The van der Waals surface area contributed by atoms with Crippen LogP contribution < -0.4 is 5.32 Å². The third kappa shape index (κ3) is 2.62. The van der Waals surface area contributed by atoms with Gasteiger partial charge in [-0.3, -0.25) is 4.90 Å². The van der Waals surface area contributed by atoms with Crippen LogP contribution in [0, 0.1) is 0 Å². The molecule has 2 atom stereocenters. The maximum absolute atomic E-state index is 3.56. The molecule has 3 nitrogen and oxygen atoms in total. The topological polar surface area (TPSA) is 18.5 Å². The first-order chi connectivity index (χ1) is 8.95. The molecule has 18 heavy (non-hydrogen) atoms. The van der Waals surface area contributed by atoms with Gasteiger partial charge >= 0.3 is 0 Å². The van der Waals surface area contributed by atoms with Crippen molar-refractivity contribution >= 4 is 0 Å². The third-order valence-corrected chi connectivity index (χ3v) is 4.48. The number of nitrogens with one attached hydrogen (secondary N) is 1. The normalized spacial score (nSPS) is 33.9. The molecule has 2 unspecified atom stereocenters. The van der Waals surface area contributed by atoms with Gasteiger partial charge in [0, 0.05) is 31.9 Å². The third-order valence-electron chi connectivity index (χ3n) is 4.48. The summed E-state index contributed by atoms with van der Waals surface area (Å²) in [6.45, 7) is 4.76. The van der Waals surface area contributed by atoms with Gasteiger partial charge in [0.2, 0.25) is 0 Å². The lowest BCUT2D eigenvalue weighted by Crippen LogP contribution is -2.57. The zero-order valence-corrected chi connectivity index (χ0v) is 11.2. The Morgan fingerprint density at radius 1 is 1.06 bits per heavy atom. The second-order valence-electron chi connectivity index (χ2n) is 5.68. The number of likely N-dealkylation sites (tertiary alicyclic amines) is 1. The lowest BCUT2D eigenvalue weighted by atomic mass is 9.99. The molecule has 0 amide bonds. The molecule has 2 saturated heterocycles. The standard InChI is InChI=1S/C15H25N3/c1-3-10-17(11-4-1)15-8-2-5-12-18(15)14-7-6-9-16-13-14/h1,3-4,10,14-16H,2,5-9,11-13H2. The molecule has 100 valence electrons. The molecule has 3 heteroatoms. The van der Waals surface area contributed by atoms with E-state index in [4.69, 9.17) is 0 Å². The highest BCUT2D eigenvalue weighted by Crippen LogP contribution is 2.26. The fourth-order valence-electron chi connectivity index (χ4n) is 3.54.